The van der Waals surface area contributed by atoms with Crippen molar-refractivity contribution < 1.29 is 9.59 Å². The number of carbonyl (C=O) groups excluding carboxylic acids is 2. The number of rotatable bonds is 7. The van der Waals surface area contributed by atoms with Gasteiger partial charge < -0.3 is 16.0 Å². The minimum atomic E-state index is -0.244. The molecule has 0 saturated carbocycles. The van der Waals surface area contributed by atoms with Crippen LogP contribution in [0.5, 0.6) is 0 Å². The first-order valence-electron chi connectivity index (χ1n) is 7.66. The van der Waals surface area contributed by atoms with Gasteiger partial charge in [0.15, 0.2) is 0 Å². The van der Waals surface area contributed by atoms with E-state index in [0.29, 0.717) is 12.1 Å². The Hall–Kier alpha value is -2.82. The molecule has 0 saturated heterocycles. The highest BCUT2D eigenvalue weighted by Gasteiger charge is 2.05. The molecule has 0 aliphatic rings. The first-order chi connectivity index (χ1) is 11.2. The Morgan fingerprint density at radius 1 is 0.870 bits per heavy atom. The van der Waals surface area contributed by atoms with Crippen LogP contribution >= 0.6 is 0 Å². The Balaban J connectivity index is 1.89. The van der Waals surface area contributed by atoms with Gasteiger partial charge in [-0.05, 0) is 36.8 Å². The average molecular weight is 311 g/mol. The van der Waals surface area contributed by atoms with Crippen molar-refractivity contribution >= 4 is 28.9 Å². The predicted octanol–water partition coefficient (Wildman–Crippen LogP) is 3.29. The summed E-state index contributed by atoms with van der Waals surface area (Å²) < 4.78 is 0. The third-order valence-electron chi connectivity index (χ3n) is 3.13. The van der Waals surface area contributed by atoms with Crippen molar-refractivity contribution in [3.63, 3.8) is 0 Å². The van der Waals surface area contributed by atoms with Gasteiger partial charge in [-0.1, -0.05) is 31.2 Å². The molecule has 0 bridgehead atoms. The zero-order valence-corrected chi connectivity index (χ0v) is 13.1. The third kappa shape index (κ3) is 5.82. The average Bonchev–Trinajstić information content (AvgIpc) is 2.55. The number of hydrogen-bond acceptors (Lipinski definition) is 3. The second-order valence-electron chi connectivity index (χ2n) is 5.15. The van der Waals surface area contributed by atoms with Crippen molar-refractivity contribution in [3.8, 4) is 0 Å². The molecule has 2 amide bonds. The van der Waals surface area contributed by atoms with Gasteiger partial charge in [0.2, 0.25) is 11.8 Å². The molecular formula is C18H21N3O2. The summed E-state index contributed by atoms with van der Waals surface area (Å²) in [6, 6.07) is 17.2. The lowest BCUT2D eigenvalue weighted by molar-refractivity contribution is -0.124. The van der Waals surface area contributed by atoms with E-state index in [1.165, 1.54) is 0 Å². The Bertz CT molecular complexity index is 656. The van der Waals surface area contributed by atoms with Crippen LogP contribution in [0.25, 0.3) is 0 Å². The zero-order chi connectivity index (χ0) is 16.5. The highest BCUT2D eigenvalue weighted by molar-refractivity contribution is 5.94. The van der Waals surface area contributed by atoms with Crippen molar-refractivity contribution in [2.24, 2.45) is 0 Å². The normalized spacial score (nSPS) is 9.96. The molecule has 0 spiro atoms. The summed E-state index contributed by atoms with van der Waals surface area (Å²) in [5.74, 6) is -0.353. The zero-order valence-electron chi connectivity index (χ0n) is 13.1. The summed E-state index contributed by atoms with van der Waals surface area (Å²) in [4.78, 5) is 23.2. The lowest BCUT2D eigenvalue weighted by atomic mass is 10.2. The SMILES string of the molecule is CCCC(=O)NCC(=O)Nc1cccc(Nc2ccccc2)c1. The minimum absolute atomic E-state index is 0.0187. The van der Waals surface area contributed by atoms with E-state index in [0.717, 1.165) is 17.8 Å². The maximum atomic E-state index is 11.8. The summed E-state index contributed by atoms with van der Waals surface area (Å²) in [6.07, 6.45) is 1.20. The highest BCUT2D eigenvalue weighted by Crippen LogP contribution is 2.19. The van der Waals surface area contributed by atoms with E-state index in [1.807, 2.05) is 61.5 Å². The second kappa shape index (κ2) is 8.58. The van der Waals surface area contributed by atoms with Crippen LogP contribution in [0, 0.1) is 0 Å². The van der Waals surface area contributed by atoms with Crippen LogP contribution in [0.15, 0.2) is 54.6 Å². The first-order valence-corrected chi connectivity index (χ1v) is 7.66. The largest absolute Gasteiger partial charge is 0.355 e. The van der Waals surface area contributed by atoms with Crippen LogP contribution in [-0.4, -0.2) is 18.4 Å². The Kier molecular flexibility index (Phi) is 6.17. The van der Waals surface area contributed by atoms with Crippen LogP contribution in [0.4, 0.5) is 17.1 Å². The van der Waals surface area contributed by atoms with E-state index in [9.17, 15) is 9.59 Å². The van der Waals surface area contributed by atoms with E-state index in [4.69, 9.17) is 0 Å². The van der Waals surface area contributed by atoms with Gasteiger partial charge >= 0.3 is 0 Å². The Morgan fingerprint density at radius 3 is 2.30 bits per heavy atom. The smallest absolute Gasteiger partial charge is 0.243 e. The van der Waals surface area contributed by atoms with Gasteiger partial charge in [-0.15, -0.1) is 0 Å². The quantitative estimate of drug-likeness (QED) is 0.735. The summed E-state index contributed by atoms with van der Waals surface area (Å²) in [5.41, 5.74) is 2.53. The molecule has 5 nitrogen and oxygen atoms in total. The lowest BCUT2D eigenvalue weighted by Crippen LogP contribution is -2.32. The molecule has 0 aliphatic heterocycles. The van der Waals surface area contributed by atoms with Crippen LogP contribution in [0.1, 0.15) is 19.8 Å². The fraction of sp³-hybridized carbons (Fsp3) is 0.222. The molecule has 120 valence electrons. The van der Waals surface area contributed by atoms with Gasteiger partial charge in [-0.2, -0.15) is 0 Å². The molecule has 0 atom stereocenters. The van der Waals surface area contributed by atoms with Gasteiger partial charge in [-0.3, -0.25) is 9.59 Å². The highest BCUT2D eigenvalue weighted by atomic mass is 16.2. The summed E-state index contributed by atoms with van der Waals surface area (Å²) in [6.45, 7) is 1.90. The molecule has 2 aromatic rings. The van der Waals surface area contributed by atoms with Crippen molar-refractivity contribution in [2.75, 3.05) is 17.2 Å². The van der Waals surface area contributed by atoms with Crippen LogP contribution in [-0.2, 0) is 9.59 Å². The molecule has 0 aromatic heterocycles. The van der Waals surface area contributed by atoms with E-state index < -0.39 is 0 Å². The molecular weight excluding hydrogens is 290 g/mol. The van der Waals surface area contributed by atoms with Crippen molar-refractivity contribution in [2.45, 2.75) is 19.8 Å². The number of carbonyl (C=O) groups is 2. The lowest BCUT2D eigenvalue weighted by Gasteiger charge is -2.10. The fourth-order valence-electron chi connectivity index (χ4n) is 2.06. The van der Waals surface area contributed by atoms with Gasteiger partial charge in [0.25, 0.3) is 0 Å². The van der Waals surface area contributed by atoms with Crippen LogP contribution < -0.4 is 16.0 Å². The standard InChI is InChI=1S/C18H21N3O2/c1-2-7-17(22)19-13-18(23)21-16-11-6-10-15(12-16)20-14-8-4-3-5-9-14/h3-6,8-12,20H,2,7,13H2,1H3,(H,19,22)(H,21,23). The molecule has 2 rings (SSSR count). The maximum absolute atomic E-state index is 11.8. The number of anilines is 3. The van der Waals surface area contributed by atoms with E-state index in [1.54, 1.807) is 0 Å². The summed E-state index contributed by atoms with van der Waals surface area (Å²) >= 11 is 0. The molecule has 23 heavy (non-hydrogen) atoms. The monoisotopic (exact) mass is 311 g/mol. The minimum Gasteiger partial charge on any atom is -0.355 e. The maximum Gasteiger partial charge on any atom is 0.243 e. The fourth-order valence-corrected chi connectivity index (χ4v) is 2.06. The summed E-state index contributed by atoms with van der Waals surface area (Å²) in [7, 11) is 0. The van der Waals surface area contributed by atoms with Crippen molar-refractivity contribution in [3.05, 3.63) is 54.6 Å². The Labute approximate surface area is 136 Å². The third-order valence-corrected chi connectivity index (χ3v) is 3.13. The number of amides is 2. The molecule has 3 N–H and O–H groups in total. The summed E-state index contributed by atoms with van der Waals surface area (Å²) in [5, 5.41) is 8.63. The van der Waals surface area contributed by atoms with Gasteiger partial charge in [0, 0.05) is 23.5 Å². The van der Waals surface area contributed by atoms with Crippen LogP contribution in [0.3, 0.4) is 0 Å². The first kappa shape index (κ1) is 16.5. The number of hydrogen-bond donors (Lipinski definition) is 3. The number of benzene rings is 2. The molecule has 0 unspecified atom stereocenters. The van der Waals surface area contributed by atoms with Crippen molar-refractivity contribution in [1.82, 2.24) is 5.32 Å². The molecule has 0 radical (unpaired) electrons. The molecule has 0 heterocycles. The molecule has 0 aliphatic carbocycles. The topological polar surface area (TPSA) is 70.2 Å². The van der Waals surface area contributed by atoms with Gasteiger partial charge in [-0.25, -0.2) is 0 Å². The van der Waals surface area contributed by atoms with Crippen LogP contribution in [0.2, 0.25) is 0 Å². The Morgan fingerprint density at radius 2 is 1.57 bits per heavy atom. The molecule has 5 heteroatoms. The van der Waals surface area contributed by atoms with Crippen molar-refractivity contribution in [1.29, 1.82) is 0 Å². The van der Waals surface area contributed by atoms with E-state index in [-0.39, 0.29) is 18.4 Å². The van der Waals surface area contributed by atoms with E-state index in [2.05, 4.69) is 16.0 Å². The number of para-hydroxylation sites is 1. The molecule has 0 fully saturated rings. The number of nitrogens with one attached hydrogen (secondary N) is 3. The van der Waals surface area contributed by atoms with E-state index >= 15 is 0 Å². The predicted molar refractivity (Wildman–Crippen MR) is 92.7 cm³/mol. The molecule has 2 aromatic carbocycles. The van der Waals surface area contributed by atoms with Gasteiger partial charge in [0.1, 0.15) is 0 Å². The second-order valence-corrected chi connectivity index (χ2v) is 5.15. The van der Waals surface area contributed by atoms with Gasteiger partial charge in [0.05, 0.1) is 6.54 Å².